The topological polar surface area (TPSA) is 104 Å². The zero-order valence-electron chi connectivity index (χ0n) is 12.7. The van der Waals surface area contributed by atoms with Gasteiger partial charge in [-0.25, -0.2) is 22.9 Å². The average Bonchev–Trinajstić information content (AvgIpc) is 3.27. The summed E-state index contributed by atoms with van der Waals surface area (Å²) in [4.78, 5) is 16.1. The lowest BCUT2D eigenvalue weighted by atomic mass is 10.5. The van der Waals surface area contributed by atoms with Gasteiger partial charge in [-0.2, -0.15) is 9.40 Å². The van der Waals surface area contributed by atoms with Crippen LogP contribution >= 0.6 is 11.3 Å². The highest BCUT2D eigenvalue weighted by molar-refractivity contribution is 7.89. The average molecular weight is 372 g/mol. The Bertz CT molecular complexity index is 781. The SMILES string of the molecule is O=C(OCCn1cncn1)c1sccc1S(=O)(=O)N1CCOCC1. The predicted molar refractivity (Wildman–Crippen MR) is 84.2 cm³/mol. The molecule has 0 bridgehead atoms. The van der Waals surface area contributed by atoms with Crippen molar-refractivity contribution in [3.63, 3.8) is 0 Å². The lowest BCUT2D eigenvalue weighted by Crippen LogP contribution is -2.40. The van der Waals surface area contributed by atoms with E-state index in [1.54, 1.807) is 5.38 Å². The van der Waals surface area contributed by atoms with Crippen LogP contribution in [0.1, 0.15) is 9.67 Å². The van der Waals surface area contributed by atoms with E-state index in [1.807, 2.05) is 0 Å². The number of morpholine rings is 1. The molecule has 3 rings (SSSR count). The van der Waals surface area contributed by atoms with Crippen LogP contribution in [0.3, 0.4) is 0 Å². The second-order valence-corrected chi connectivity index (χ2v) is 7.75. The van der Waals surface area contributed by atoms with Gasteiger partial charge < -0.3 is 9.47 Å². The molecule has 0 saturated carbocycles. The number of carbonyl (C=O) groups excluding carboxylic acids is 1. The molecule has 9 nitrogen and oxygen atoms in total. The summed E-state index contributed by atoms with van der Waals surface area (Å²) in [6.07, 6.45) is 2.89. The van der Waals surface area contributed by atoms with Crippen LogP contribution in [0.4, 0.5) is 0 Å². The molecule has 2 aromatic heterocycles. The number of sulfonamides is 1. The standard InChI is InChI=1S/C13H16N4O5S2/c18-13(22-7-2-16-10-14-9-15-16)12-11(1-8-23-12)24(19,20)17-3-5-21-6-4-17/h1,8-10H,2-7H2. The lowest BCUT2D eigenvalue weighted by molar-refractivity contribution is 0.0488. The van der Waals surface area contributed by atoms with Crippen LogP contribution in [-0.2, 0) is 26.0 Å². The lowest BCUT2D eigenvalue weighted by Gasteiger charge is -2.25. The van der Waals surface area contributed by atoms with E-state index in [4.69, 9.17) is 9.47 Å². The van der Waals surface area contributed by atoms with E-state index in [1.165, 1.54) is 27.7 Å². The van der Waals surface area contributed by atoms with E-state index in [-0.39, 0.29) is 29.5 Å². The molecule has 130 valence electrons. The maximum absolute atomic E-state index is 12.7. The smallest absolute Gasteiger partial charge is 0.349 e. The summed E-state index contributed by atoms with van der Waals surface area (Å²) in [6.45, 7) is 1.68. The third kappa shape index (κ3) is 3.64. The normalized spacial score (nSPS) is 16.2. The Hall–Kier alpha value is -1.82. The van der Waals surface area contributed by atoms with Crippen LogP contribution in [0.2, 0.25) is 0 Å². The van der Waals surface area contributed by atoms with Gasteiger partial charge in [0.15, 0.2) is 0 Å². The molecule has 0 spiro atoms. The number of hydrogen-bond donors (Lipinski definition) is 0. The first-order chi connectivity index (χ1) is 11.6. The first-order valence-corrected chi connectivity index (χ1v) is 9.56. The van der Waals surface area contributed by atoms with E-state index in [9.17, 15) is 13.2 Å². The van der Waals surface area contributed by atoms with E-state index >= 15 is 0 Å². The minimum atomic E-state index is -3.73. The highest BCUT2D eigenvalue weighted by Crippen LogP contribution is 2.26. The zero-order chi connectivity index (χ0) is 17.0. The molecule has 0 aromatic carbocycles. The maximum atomic E-state index is 12.7. The van der Waals surface area contributed by atoms with E-state index in [0.717, 1.165) is 11.3 Å². The third-order valence-electron chi connectivity index (χ3n) is 3.42. The number of hydrogen-bond acceptors (Lipinski definition) is 8. The molecule has 2 aromatic rings. The number of thiophene rings is 1. The molecule has 0 atom stereocenters. The van der Waals surface area contributed by atoms with Crippen molar-refractivity contribution in [3.8, 4) is 0 Å². The first kappa shape index (κ1) is 17.0. The monoisotopic (exact) mass is 372 g/mol. The maximum Gasteiger partial charge on any atom is 0.349 e. The van der Waals surface area contributed by atoms with Crippen molar-refractivity contribution in [2.75, 3.05) is 32.9 Å². The summed E-state index contributed by atoms with van der Waals surface area (Å²) in [5.41, 5.74) is 0. The van der Waals surface area contributed by atoms with Crippen LogP contribution in [-0.4, -0.2) is 66.4 Å². The molecule has 0 N–H and O–H groups in total. The molecule has 24 heavy (non-hydrogen) atoms. The van der Waals surface area contributed by atoms with Crippen LogP contribution in [0.25, 0.3) is 0 Å². The second kappa shape index (κ2) is 7.38. The Kier molecular flexibility index (Phi) is 5.23. The number of carbonyl (C=O) groups is 1. The van der Waals surface area contributed by atoms with Gasteiger partial charge in [0.25, 0.3) is 0 Å². The number of ether oxygens (including phenoxy) is 2. The minimum Gasteiger partial charge on any atom is -0.460 e. The fraction of sp³-hybridized carbons (Fsp3) is 0.462. The summed E-state index contributed by atoms with van der Waals surface area (Å²) in [6, 6.07) is 1.43. The molecule has 1 fully saturated rings. The molecule has 1 saturated heterocycles. The number of aromatic nitrogens is 3. The van der Waals surface area contributed by atoms with Gasteiger partial charge in [-0.05, 0) is 11.4 Å². The summed E-state index contributed by atoms with van der Waals surface area (Å²) in [7, 11) is -3.73. The number of rotatable bonds is 6. The van der Waals surface area contributed by atoms with Crippen molar-refractivity contribution < 1.29 is 22.7 Å². The summed E-state index contributed by atoms with van der Waals surface area (Å²) >= 11 is 1.05. The first-order valence-electron chi connectivity index (χ1n) is 7.24. The van der Waals surface area contributed by atoms with Crippen molar-refractivity contribution in [2.24, 2.45) is 0 Å². The van der Waals surface area contributed by atoms with Crippen molar-refractivity contribution in [2.45, 2.75) is 11.4 Å². The Morgan fingerprint density at radius 3 is 2.88 bits per heavy atom. The van der Waals surface area contributed by atoms with Gasteiger partial charge in [-0.15, -0.1) is 11.3 Å². The van der Waals surface area contributed by atoms with Crippen LogP contribution in [0, 0.1) is 0 Å². The van der Waals surface area contributed by atoms with E-state index in [0.29, 0.717) is 19.8 Å². The van der Waals surface area contributed by atoms with Crippen LogP contribution in [0.15, 0.2) is 29.0 Å². The van der Waals surface area contributed by atoms with Crippen molar-refractivity contribution in [1.82, 2.24) is 19.1 Å². The van der Waals surface area contributed by atoms with Gasteiger partial charge in [0.1, 0.15) is 29.0 Å². The largest absolute Gasteiger partial charge is 0.460 e. The van der Waals surface area contributed by atoms with Gasteiger partial charge in [0.05, 0.1) is 19.8 Å². The molecule has 0 aliphatic carbocycles. The van der Waals surface area contributed by atoms with Gasteiger partial charge in [-0.1, -0.05) is 0 Å². The van der Waals surface area contributed by atoms with Gasteiger partial charge in [0.2, 0.25) is 10.0 Å². The highest BCUT2D eigenvalue weighted by atomic mass is 32.2. The zero-order valence-corrected chi connectivity index (χ0v) is 14.3. The fourth-order valence-corrected chi connectivity index (χ4v) is 4.91. The second-order valence-electron chi connectivity index (χ2n) is 4.92. The van der Waals surface area contributed by atoms with Crippen molar-refractivity contribution >= 4 is 27.3 Å². The predicted octanol–water partition coefficient (Wildman–Crippen LogP) is 0.218. The van der Waals surface area contributed by atoms with Crippen LogP contribution in [0.5, 0.6) is 0 Å². The third-order valence-corrected chi connectivity index (χ3v) is 6.39. The number of nitrogens with zero attached hydrogens (tertiary/aromatic N) is 4. The molecule has 3 heterocycles. The Labute approximate surface area is 142 Å². The summed E-state index contributed by atoms with van der Waals surface area (Å²) in [5.74, 6) is -0.656. The molecule has 0 radical (unpaired) electrons. The van der Waals surface area contributed by atoms with E-state index < -0.39 is 16.0 Å². The van der Waals surface area contributed by atoms with Gasteiger partial charge >= 0.3 is 5.97 Å². The quantitative estimate of drug-likeness (QED) is 0.668. The summed E-state index contributed by atoms with van der Waals surface area (Å²) < 4.78 is 38.5. The Morgan fingerprint density at radius 1 is 1.38 bits per heavy atom. The molecule has 1 aliphatic rings. The summed E-state index contributed by atoms with van der Waals surface area (Å²) in [5, 5.41) is 5.47. The van der Waals surface area contributed by atoms with Gasteiger partial charge in [0, 0.05) is 13.1 Å². The Morgan fingerprint density at radius 2 is 2.17 bits per heavy atom. The van der Waals surface area contributed by atoms with Gasteiger partial charge in [-0.3, -0.25) is 0 Å². The molecule has 0 amide bonds. The Balaban J connectivity index is 1.68. The van der Waals surface area contributed by atoms with Crippen molar-refractivity contribution in [3.05, 3.63) is 29.0 Å². The molecular weight excluding hydrogens is 356 g/mol. The molecular formula is C13H16N4O5S2. The number of esters is 1. The molecule has 1 aliphatic heterocycles. The van der Waals surface area contributed by atoms with E-state index in [2.05, 4.69) is 10.1 Å². The highest BCUT2D eigenvalue weighted by Gasteiger charge is 2.31. The minimum absolute atomic E-state index is 0.0137. The fourth-order valence-electron chi connectivity index (χ4n) is 2.22. The van der Waals surface area contributed by atoms with Crippen molar-refractivity contribution in [1.29, 1.82) is 0 Å². The van der Waals surface area contributed by atoms with Crippen LogP contribution < -0.4 is 0 Å². The molecule has 0 unspecified atom stereocenters. The molecule has 11 heteroatoms.